The SMILES string of the molecule is CC1CC[C@@]2(C)OC(C)(C)[C@H](c3ccccc3)N2C1=S. The predicted octanol–water partition coefficient (Wildman–Crippen LogP) is 4.31. The van der Waals surface area contributed by atoms with E-state index < -0.39 is 0 Å². The van der Waals surface area contributed by atoms with Crippen molar-refractivity contribution in [3.8, 4) is 0 Å². The molecule has 0 radical (unpaired) electrons. The van der Waals surface area contributed by atoms with E-state index in [4.69, 9.17) is 17.0 Å². The summed E-state index contributed by atoms with van der Waals surface area (Å²) in [6.07, 6.45) is 2.16. The van der Waals surface area contributed by atoms with Gasteiger partial charge in [0.25, 0.3) is 0 Å². The molecule has 3 rings (SSSR count). The Morgan fingerprint density at radius 3 is 2.50 bits per heavy atom. The summed E-state index contributed by atoms with van der Waals surface area (Å²) in [5.41, 5.74) is 0.801. The van der Waals surface area contributed by atoms with Gasteiger partial charge in [0.15, 0.2) is 0 Å². The summed E-state index contributed by atoms with van der Waals surface area (Å²) in [6, 6.07) is 10.8. The molecule has 0 bridgehead atoms. The summed E-state index contributed by atoms with van der Waals surface area (Å²) in [5.74, 6) is 0.460. The summed E-state index contributed by atoms with van der Waals surface area (Å²) in [7, 11) is 0. The van der Waals surface area contributed by atoms with E-state index in [2.05, 4.69) is 62.9 Å². The average molecular weight is 289 g/mol. The molecule has 0 aliphatic carbocycles. The molecule has 2 fully saturated rings. The van der Waals surface area contributed by atoms with Crippen LogP contribution in [0.3, 0.4) is 0 Å². The number of thiocarbonyl (C=S) groups is 1. The van der Waals surface area contributed by atoms with Crippen molar-refractivity contribution in [1.29, 1.82) is 0 Å². The molecule has 2 aliphatic heterocycles. The van der Waals surface area contributed by atoms with Crippen LogP contribution in [-0.4, -0.2) is 21.2 Å². The lowest BCUT2D eigenvalue weighted by Gasteiger charge is -2.44. The van der Waals surface area contributed by atoms with E-state index in [0.29, 0.717) is 5.92 Å². The fourth-order valence-corrected chi connectivity index (χ4v) is 4.23. The molecule has 1 aromatic rings. The van der Waals surface area contributed by atoms with E-state index in [1.165, 1.54) is 5.56 Å². The summed E-state index contributed by atoms with van der Waals surface area (Å²) < 4.78 is 6.46. The van der Waals surface area contributed by atoms with E-state index in [1.54, 1.807) is 0 Å². The Morgan fingerprint density at radius 2 is 1.85 bits per heavy atom. The zero-order valence-electron chi connectivity index (χ0n) is 12.7. The van der Waals surface area contributed by atoms with Gasteiger partial charge in [-0.25, -0.2) is 0 Å². The Bertz CT molecular complexity index is 527. The van der Waals surface area contributed by atoms with Crippen LogP contribution in [0.15, 0.2) is 30.3 Å². The highest BCUT2D eigenvalue weighted by Gasteiger charge is 2.57. The molecule has 20 heavy (non-hydrogen) atoms. The Hall–Kier alpha value is -0.930. The maximum Gasteiger partial charge on any atom is 0.140 e. The quantitative estimate of drug-likeness (QED) is 0.715. The van der Waals surface area contributed by atoms with E-state index in [9.17, 15) is 0 Å². The Balaban J connectivity index is 2.09. The molecule has 0 aromatic heterocycles. The number of nitrogens with zero attached hydrogens (tertiary/aromatic N) is 1. The van der Waals surface area contributed by atoms with Crippen molar-refractivity contribution in [2.45, 2.75) is 57.9 Å². The van der Waals surface area contributed by atoms with Gasteiger partial charge in [-0.05, 0) is 39.2 Å². The average Bonchev–Trinajstić information content (AvgIpc) is 2.62. The van der Waals surface area contributed by atoms with Crippen LogP contribution >= 0.6 is 12.2 Å². The molecular formula is C17H23NOS. The maximum atomic E-state index is 6.46. The van der Waals surface area contributed by atoms with E-state index in [-0.39, 0.29) is 17.4 Å². The van der Waals surface area contributed by atoms with Crippen molar-refractivity contribution in [1.82, 2.24) is 4.90 Å². The first-order chi connectivity index (χ1) is 9.35. The summed E-state index contributed by atoms with van der Waals surface area (Å²) >= 11 is 5.76. The van der Waals surface area contributed by atoms with Gasteiger partial charge in [0, 0.05) is 5.92 Å². The summed E-state index contributed by atoms with van der Waals surface area (Å²) in [4.78, 5) is 3.42. The number of ether oxygens (including phenoxy) is 1. The first kappa shape index (κ1) is 14.0. The minimum Gasteiger partial charge on any atom is -0.348 e. The third-order valence-electron chi connectivity index (χ3n) is 4.72. The molecule has 1 aromatic carbocycles. The highest BCUT2D eigenvalue weighted by molar-refractivity contribution is 7.80. The smallest absolute Gasteiger partial charge is 0.140 e. The van der Waals surface area contributed by atoms with Crippen LogP contribution in [0.1, 0.15) is 52.1 Å². The second-order valence-corrected chi connectivity index (χ2v) is 7.26. The van der Waals surface area contributed by atoms with Gasteiger partial charge in [0.2, 0.25) is 0 Å². The van der Waals surface area contributed by atoms with Crippen LogP contribution in [0.25, 0.3) is 0 Å². The standard InChI is InChI=1S/C17H23NOS/c1-12-10-11-17(4)18(15(12)20)14(16(2,3)19-17)13-8-6-5-7-9-13/h5-9,12,14H,10-11H2,1-4H3/t12?,14-,17+/m0/s1. The minimum atomic E-state index is -0.256. The number of hydrogen-bond acceptors (Lipinski definition) is 2. The summed E-state index contributed by atoms with van der Waals surface area (Å²) in [5, 5.41) is 0. The van der Waals surface area contributed by atoms with Crippen LogP contribution < -0.4 is 0 Å². The molecule has 3 heteroatoms. The van der Waals surface area contributed by atoms with Crippen LogP contribution in [0.4, 0.5) is 0 Å². The highest BCUT2D eigenvalue weighted by atomic mass is 32.1. The van der Waals surface area contributed by atoms with Crippen LogP contribution in [-0.2, 0) is 4.74 Å². The number of rotatable bonds is 1. The van der Waals surface area contributed by atoms with E-state index in [1.807, 2.05) is 0 Å². The fourth-order valence-electron chi connectivity index (χ4n) is 3.82. The van der Waals surface area contributed by atoms with Crippen molar-refractivity contribution in [3.63, 3.8) is 0 Å². The van der Waals surface area contributed by atoms with Crippen molar-refractivity contribution in [2.24, 2.45) is 5.92 Å². The lowest BCUT2D eigenvalue weighted by Crippen LogP contribution is -2.52. The fraction of sp³-hybridized carbons (Fsp3) is 0.588. The zero-order chi connectivity index (χ0) is 14.5. The van der Waals surface area contributed by atoms with Gasteiger partial charge >= 0.3 is 0 Å². The van der Waals surface area contributed by atoms with E-state index in [0.717, 1.165) is 17.8 Å². The third-order valence-corrected chi connectivity index (χ3v) is 5.32. The predicted molar refractivity (Wildman–Crippen MR) is 85.6 cm³/mol. The molecule has 2 nitrogen and oxygen atoms in total. The molecule has 0 N–H and O–H groups in total. The first-order valence-corrected chi connectivity index (χ1v) is 7.84. The van der Waals surface area contributed by atoms with Gasteiger partial charge in [-0.1, -0.05) is 49.5 Å². The molecule has 108 valence electrons. The van der Waals surface area contributed by atoms with Gasteiger partial charge in [0.1, 0.15) is 5.72 Å². The van der Waals surface area contributed by atoms with Gasteiger partial charge in [-0.3, -0.25) is 0 Å². The zero-order valence-corrected chi connectivity index (χ0v) is 13.5. The summed E-state index contributed by atoms with van der Waals surface area (Å²) in [6.45, 7) is 8.79. The molecule has 2 heterocycles. The molecule has 2 aliphatic rings. The second-order valence-electron chi connectivity index (χ2n) is 6.84. The molecule has 0 amide bonds. The molecule has 0 spiro atoms. The topological polar surface area (TPSA) is 12.5 Å². The van der Waals surface area contributed by atoms with Gasteiger partial charge in [0.05, 0.1) is 16.6 Å². The van der Waals surface area contributed by atoms with Crippen molar-refractivity contribution in [3.05, 3.63) is 35.9 Å². The van der Waals surface area contributed by atoms with Crippen LogP contribution in [0, 0.1) is 5.92 Å². The number of hydrogen-bond donors (Lipinski definition) is 0. The van der Waals surface area contributed by atoms with Gasteiger partial charge < -0.3 is 9.64 Å². The van der Waals surface area contributed by atoms with Gasteiger partial charge in [-0.15, -0.1) is 0 Å². The maximum absolute atomic E-state index is 6.46. The van der Waals surface area contributed by atoms with Crippen molar-refractivity contribution >= 4 is 17.2 Å². The molecule has 2 saturated heterocycles. The molecule has 3 atom stereocenters. The lowest BCUT2D eigenvalue weighted by molar-refractivity contribution is -0.114. The normalized spacial score (nSPS) is 36.0. The molecule has 1 unspecified atom stereocenters. The monoisotopic (exact) mass is 289 g/mol. The highest BCUT2D eigenvalue weighted by Crippen LogP contribution is 2.52. The lowest BCUT2D eigenvalue weighted by atomic mass is 9.87. The Kier molecular flexibility index (Phi) is 3.18. The van der Waals surface area contributed by atoms with Gasteiger partial charge in [-0.2, -0.15) is 0 Å². The Labute approximate surface area is 127 Å². The number of fused-ring (bicyclic) bond motifs is 1. The number of benzene rings is 1. The minimum absolute atomic E-state index is 0.198. The first-order valence-electron chi connectivity index (χ1n) is 7.43. The third kappa shape index (κ3) is 1.99. The largest absolute Gasteiger partial charge is 0.348 e. The molecule has 0 saturated carbocycles. The van der Waals surface area contributed by atoms with Crippen LogP contribution in [0.5, 0.6) is 0 Å². The molecular weight excluding hydrogens is 266 g/mol. The van der Waals surface area contributed by atoms with Crippen LogP contribution in [0.2, 0.25) is 0 Å². The van der Waals surface area contributed by atoms with Crippen molar-refractivity contribution < 1.29 is 4.74 Å². The van der Waals surface area contributed by atoms with Crippen molar-refractivity contribution in [2.75, 3.05) is 0 Å². The Morgan fingerprint density at radius 1 is 1.20 bits per heavy atom. The second kappa shape index (κ2) is 4.54. The van der Waals surface area contributed by atoms with E-state index >= 15 is 0 Å². The number of piperidine rings is 1.